The maximum absolute atomic E-state index is 12.0. The fraction of sp³-hybridized carbons (Fsp3) is 0.429. The van der Waals surface area contributed by atoms with Crippen LogP contribution in [0.5, 0.6) is 0 Å². The van der Waals surface area contributed by atoms with Gasteiger partial charge >= 0.3 is 12.0 Å². The molecule has 1 fully saturated rings. The second-order valence-corrected chi connectivity index (χ2v) is 5.82. The maximum Gasteiger partial charge on any atom is 0.317 e. The number of rotatable bonds is 3. The van der Waals surface area contributed by atoms with E-state index in [9.17, 15) is 9.59 Å². The van der Waals surface area contributed by atoms with Crippen LogP contribution >= 0.6 is 15.9 Å². The lowest BCUT2D eigenvalue weighted by Gasteiger charge is -2.30. The van der Waals surface area contributed by atoms with E-state index < -0.39 is 11.9 Å². The molecule has 1 aromatic rings. The second-order valence-electron chi connectivity index (χ2n) is 4.91. The number of piperidine rings is 1. The molecule has 1 aromatic carbocycles. The Kier molecular flexibility index (Phi) is 5.00. The predicted molar refractivity (Wildman–Crippen MR) is 78.3 cm³/mol. The van der Waals surface area contributed by atoms with Gasteiger partial charge in [0.15, 0.2) is 0 Å². The molecule has 2 rings (SSSR count). The molecule has 5 nitrogen and oxygen atoms in total. The van der Waals surface area contributed by atoms with Crippen LogP contribution in [0.4, 0.5) is 4.79 Å². The first kappa shape index (κ1) is 14.8. The van der Waals surface area contributed by atoms with Crippen molar-refractivity contribution in [2.45, 2.75) is 19.4 Å². The number of nitrogens with one attached hydrogen (secondary N) is 1. The average Bonchev–Trinajstić information content (AvgIpc) is 2.46. The smallest absolute Gasteiger partial charge is 0.317 e. The fourth-order valence-corrected chi connectivity index (χ4v) is 2.52. The summed E-state index contributed by atoms with van der Waals surface area (Å²) in [6, 6.07) is 7.51. The van der Waals surface area contributed by atoms with Gasteiger partial charge in [-0.05, 0) is 30.5 Å². The number of carbonyl (C=O) groups is 2. The highest BCUT2D eigenvalue weighted by molar-refractivity contribution is 9.10. The third-order valence-electron chi connectivity index (χ3n) is 3.41. The summed E-state index contributed by atoms with van der Waals surface area (Å²) >= 11 is 3.36. The van der Waals surface area contributed by atoms with Crippen LogP contribution in [0.15, 0.2) is 28.7 Å². The van der Waals surface area contributed by atoms with Gasteiger partial charge in [0.25, 0.3) is 0 Å². The predicted octanol–water partition coefficient (Wildman–Crippen LogP) is 2.46. The lowest BCUT2D eigenvalue weighted by molar-refractivity contribution is -0.143. The van der Waals surface area contributed by atoms with Gasteiger partial charge in [0.1, 0.15) is 0 Å². The highest BCUT2D eigenvalue weighted by atomic mass is 79.9. The number of hydrogen-bond donors (Lipinski definition) is 2. The summed E-state index contributed by atoms with van der Waals surface area (Å²) < 4.78 is 0.993. The van der Waals surface area contributed by atoms with Gasteiger partial charge in [-0.15, -0.1) is 0 Å². The topological polar surface area (TPSA) is 69.6 Å². The molecule has 0 spiro atoms. The van der Waals surface area contributed by atoms with Crippen LogP contribution < -0.4 is 5.32 Å². The van der Waals surface area contributed by atoms with Crippen molar-refractivity contribution in [3.8, 4) is 0 Å². The minimum Gasteiger partial charge on any atom is -0.481 e. The number of carboxylic acids is 1. The Morgan fingerprint density at radius 2 is 2.05 bits per heavy atom. The number of benzene rings is 1. The number of halogens is 1. The minimum atomic E-state index is -0.824. The van der Waals surface area contributed by atoms with E-state index in [1.165, 1.54) is 0 Å². The molecule has 20 heavy (non-hydrogen) atoms. The molecule has 0 aliphatic carbocycles. The zero-order valence-electron chi connectivity index (χ0n) is 11.0. The van der Waals surface area contributed by atoms with E-state index in [1.807, 2.05) is 24.3 Å². The van der Waals surface area contributed by atoms with E-state index in [-0.39, 0.29) is 6.03 Å². The van der Waals surface area contributed by atoms with E-state index in [4.69, 9.17) is 5.11 Å². The van der Waals surface area contributed by atoms with Crippen molar-refractivity contribution in [1.29, 1.82) is 0 Å². The number of hydrogen-bond acceptors (Lipinski definition) is 2. The first-order valence-corrected chi connectivity index (χ1v) is 7.35. The van der Waals surface area contributed by atoms with Crippen molar-refractivity contribution in [3.05, 3.63) is 34.3 Å². The molecule has 2 amide bonds. The van der Waals surface area contributed by atoms with E-state index in [2.05, 4.69) is 21.2 Å². The molecule has 0 radical (unpaired) electrons. The highest BCUT2D eigenvalue weighted by Gasteiger charge is 2.27. The van der Waals surface area contributed by atoms with Crippen molar-refractivity contribution in [1.82, 2.24) is 10.2 Å². The molecule has 6 heteroatoms. The molecule has 1 atom stereocenters. The molecule has 0 saturated carbocycles. The lowest BCUT2D eigenvalue weighted by atomic mass is 9.99. The summed E-state index contributed by atoms with van der Waals surface area (Å²) in [5.41, 5.74) is 1.01. The van der Waals surface area contributed by atoms with Crippen LogP contribution in [0.25, 0.3) is 0 Å². The van der Waals surface area contributed by atoms with Crippen molar-refractivity contribution in [2.75, 3.05) is 13.1 Å². The van der Waals surface area contributed by atoms with Gasteiger partial charge in [0.2, 0.25) is 0 Å². The summed E-state index contributed by atoms with van der Waals surface area (Å²) in [4.78, 5) is 24.6. The minimum absolute atomic E-state index is 0.195. The number of likely N-dealkylation sites (tertiary alicyclic amines) is 1. The first-order valence-electron chi connectivity index (χ1n) is 6.56. The molecular weight excluding hydrogens is 324 g/mol. The fourth-order valence-electron chi connectivity index (χ4n) is 2.25. The Labute approximate surface area is 126 Å². The molecule has 1 saturated heterocycles. The molecule has 0 bridgehead atoms. The molecule has 108 valence electrons. The molecule has 1 aliphatic rings. The summed E-state index contributed by atoms with van der Waals surface area (Å²) in [6.45, 7) is 1.36. The average molecular weight is 341 g/mol. The Balaban J connectivity index is 1.85. The third kappa shape index (κ3) is 3.96. The standard InChI is InChI=1S/C14H17BrN2O3/c15-12-5-3-10(4-6-12)8-16-14(20)17-7-1-2-11(9-17)13(18)19/h3-6,11H,1-2,7-9H2,(H,16,20)(H,18,19). The molecule has 1 heterocycles. The Bertz CT molecular complexity index is 490. The van der Waals surface area contributed by atoms with Crippen LogP contribution in [0.1, 0.15) is 18.4 Å². The van der Waals surface area contributed by atoms with Crippen LogP contribution in [0.3, 0.4) is 0 Å². The van der Waals surface area contributed by atoms with Gasteiger partial charge in [0.05, 0.1) is 5.92 Å². The van der Waals surface area contributed by atoms with Gasteiger partial charge in [-0.1, -0.05) is 28.1 Å². The van der Waals surface area contributed by atoms with Crippen molar-refractivity contribution in [2.24, 2.45) is 5.92 Å². The zero-order valence-corrected chi connectivity index (χ0v) is 12.6. The Hall–Kier alpha value is -1.56. The van der Waals surface area contributed by atoms with E-state index in [0.717, 1.165) is 16.5 Å². The van der Waals surface area contributed by atoms with Gasteiger partial charge in [-0.25, -0.2) is 4.79 Å². The Morgan fingerprint density at radius 1 is 1.35 bits per heavy atom. The van der Waals surface area contributed by atoms with E-state index in [0.29, 0.717) is 26.1 Å². The number of carbonyl (C=O) groups excluding carboxylic acids is 1. The van der Waals surface area contributed by atoms with E-state index in [1.54, 1.807) is 4.90 Å². The number of urea groups is 1. The summed E-state index contributed by atoms with van der Waals surface area (Å²) in [5.74, 6) is -1.27. The normalized spacial score (nSPS) is 18.6. The highest BCUT2D eigenvalue weighted by Crippen LogP contribution is 2.16. The quantitative estimate of drug-likeness (QED) is 0.887. The molecule has 1 aliphatic heterocycles. The third-order valence-corrected chi connectivity index (χ3v) is 3.94. The van der Waals surface area contributed by atoms with E-state index >= 15 is 0 Å². The number of nitrogens with zero attached hydrogens (tertiary/aromatic N) is 1. The number of carboxylic acid groups (broad SMARTS) is 1. The van der Waals surface area contributed by atoms with Gasteiger partial charge < -0.3 is 15.3 Å². The summed E-state index contributed by atoms with van der Waals surface area (Å²) in [6.07, 6.45) is 1.38. The number of aliphatic carboxylic acids is 1. The van der Waals surface area contributed by atoms with Crippen LogP contribution in [0.2, 0.25) is 0 Å². The largest absolute Gasteiger partial charge is 0.481 e. The van der Waals surface area contributed by atoms with Crippen molar-refractivity contribution >= 4 is 27.9 Å². The summed E-state index contributed by atoms with van der Waals surface area (Å²) in [7, 11) is 0. The van der Waals surface area contributed by atoms with Gasteiger partial charge in [0, 0.05) is 24.1 Å². The summed E-state index contributed by atoms with van der Waals surface area (Å²) in [5, 5.41) is 11.8. The number of amides is 2. The zero-order chi connectivity index (χ0) is 14.5. The first-order chi connectivity index (χ1) is 9.56. The van der Waals surface area contributed by atoms with Gasteiger partial charge in [-0.2, -0.15) is 0 Å². The molecule has 1 unspecified atom stereocenters. The molecular formula is C14H17BrN2O3. The monoisotopic (exact) mass is 340 g/mol. The lowest BCUT2D eigenvalue weighted by Crippen LogP contribution is -2.46. The Morgan fingerprint density at radius 3 is 2.70 bits per heavy atom. The van der Waals surface area contributed by atoms with Crippen molar-refractivity contribution in [3.63, 3.8) is 0 Å². The van der Waals surface area contributed by atoms with Crippen LogP contribution in [-0.4, -0.2) is 35.1 Å². The molecule has 2 N–H and O–H groups in total. The maximum atomic E-state index is 12.0. The van der Waals surface area contributed by atoms with Gasteiger partial charge in [-0.3, -0.25) is 4.79 Å². The molecule has 0 aromatic heterocycles. The SMILES string of the molecule is O=C(O)C1CCCN(C(=O)NCc2ccc(Br)cc2)C1. The van der Waals surface area contributed by atoms with Crippen LogP contribution in [-0.2, 0) is 11.3 Å². The van der Waals surface area contributed by atoms with Crippen molar-refractivity contribution < 1.29 is 14.7 Å². The second kappa shape index (κ2) is 6.74. The van der Waals surface area contributed by atoms with Crippen LogP contribution in [0, 0.1) is 5.92 Å².